The summed E-state index contributed by atoms with van der Waals surface area (Å²) in [6, 6.07) is 3.12. The van der Waals surface area contributed by atoms with E-state index in [1.807, 2.05) is 0 Å². The van der Waals surface area contributed by atoms with Crippen LogP contribution in [0.5, 0.6) is 0 Å². The predicted octanol–water partition coefficient (Wildman–Crippen LogP) is 2.18. The van der Waals surface area contributed by atoms with Crippen molar-refractivity contribution < 1.29 is 73.3 Å². The Morgan fingerprint density at radius 3 is 1.13 bits per heavy atom. The molecule has 1 aromatic carbocycles. The molecule has 1 aromatic rings. The van der Waals surface area contributed by atoms with Crippen LogP contribution in [-0.4, -0.2) is 33.3 Å². The molecule has 0 saturated heterocycles. The first-order valence-electron chi connectivity index (χ1n) is 7.10. The minimum Gasteiger partial charge on any atom is -0.774 e. The maximum Gasteiger partial charge on any atom is 0.428 e. The van der Waals surface area contributed by atoms with Gasteiger partial charge in [-0.3, -0.25) is 0 Å². The number of hydrogen-bond donors (Lipinski definition) is 2. The molecule has 0 aliphatic carbocycles. The highest BCUT2D eigenvalue weighted by Crippen LogP contribution is 2.58. The standard InChI is InChI=1S/C12H12F8O8P2/c13-9(14,11(17,18)29(21,22)23)27-5-7-1-2-8(4-3-7)6-28-10(15,16)12(19,20)30(24,25)26/h1-4H,5-6H2,(H2,21,22,23)(H2,24,25,26)/p-2. The molecule has 18 heteroatoms. The number of hydrogen-bond acceptors (Lipinski definition) is 6. The van der Waals surface area contributed by atoms with Crippen LogP contribution in [0.4, 0.5) is 35.1 Å². The highest BCUT2D eigenvalue weighted by Gasteiger charge is 2.65. The Bertz CT molecular complexity index is 766. The van der Waals surface area contributed by atoms with Gasteiger partial charge in [0.2, 0.25) is 15.2 Å². The molecule has 0 fully saturated rings. The fourth-order valence-electron chi connectivity index (χ4n) is 1.58. The minimum absolute atomic E-state index is 0.357. The van der Waals surface area contributed by atoms with Gasteiger partial charge in [0.15, 0.2) is 0 Å². The molecule has 2 atom stereocenters. The van der Waals surface area contributed by atoms with Crippen molar-refractivity contribution in [2.45, 2.75) is 36.8 Å². The number of rotatable bonds is 10. The van der Waals surface area contributed by atoms with E-state index in [2.05, 4.69) is 9.47 Å². The van der Waals surface area contributed by atoms with Gasteiger partial charge >= 0.3 is 23.5 Å². The second kappa shape index (κ2) is 8.43. The molecule has 1 rings (SSSR count). The molecule has 8 nitrogen and oxygen atoms in total. The van der Waals surface area contributed by atoms with E-state index >= 15 is 0 Å². The van der Waals surface area contributed by atoms with Gasteiger partial charge in [-0.15, -0.1) is 0 Å². The van der Waals surface area contributed by atoms with Gasteiger partial charge < -0.3 is 38.2 Å². The molecule has 0 aliphatic rings. The number of alkyl halides is 8. The summed E-state index contributed by atoms with van der Waals surface area (Å²) in [6.45, 7) is -2.72. The van der Waals surface area contributed by atoms with E-state index in [1.54, 1.807) is 0 Å². The zero-order valence-electron chi connectivity index (χ0n) is 14.0. The molecule has 0 amide bonds. The van der Waals surface area contributed by atoms with Crippen molar-refractivity contribution in [2.75, 3.05) is 0 Å². The summed E-state index contributed by atoms with van der Waals surface area (Å²) < 4.78 is 132. The monoisotopic (exact) mass is 496 g/mol. The zero-order valence-corrected chi connectivity index (χ0v) is 15.8. The summed E-state index contributed by atoms with van der Waals surface area (Å²) in [6.07, 6.45) is -11.3. The first-order chi connectivity index (χ1) is 13.2. The smallest absolute Gasteiger partial charge is 0.428 e. The third-order valence-electron chi connectivity index (χ3n) is 3.27. The van der Waals surface area contributed by atoms with E-state index in [-0.39, 0.29) is 11.1 Å². The molecule has 174 valence electrons. The highest BCUT2D eigenvalue weighted by atomic mass is 31.2. The lowest BCUT2D eigenvalue weighted by Crippen LogP contribution is -2.45. The molecular weight excluding hydrogens is 486 g/mol. The molecule has 2 unspecified atom stereocenters. The van der Waals surface area contributed by atoms with Crippen molar-refractivity contribution in [3.8, 4) is 0 Å². The van der Waals surface area contributed by atoms with Crippen LogP contribution >= 0.6 is 15.2 Å². The van der Waals surface area contributed by atoms with Gasteiger partial charge in [-0.2, -0.15) is 35.1 Å². The molecule has 0 radical (unpaired) electrons. The normalized spacial score (nSPS) is 18.0. The Labute approximate surface area is 161 Å². The van der Waals surface area contributed by atoms with Crippen molar-refractivity contribution in [1.29, 1.82) is 0 Å². The topological polar surface area (TPSA) is 139 Å². The second-order valence-electron chi connectivity index (χ2n) is 5.55. The fraction of sp³-hybridized carbons (Fsp3) is 0.500. The lowest BCUT2D eigenvalue weighted by atomic mass is 10.1. The first kappa shape index (κ1) is 26.9. The van der Waals surface area contributed by atoms with Crippen LogP contribution in [0.25, 0.3) is 0 Å². The molecule has 0 aliphatic heterocycles. The first-order valence-corrected chi connectivity index (χ1v) is 10.3. The van der Waals surface area contributed by atoms with Gasteiger partial charge in [0, 0.05) is 0 Å². The second-order valence-corrected chi connectivity index (χ2v) is 8.76. The third kappa shape index (κ3) is 5.56. The Morgan fingerprint density at radius 2 is 0.933 bits per heavy atom. The van der Waals surface area contributed by atoms with Crippen LogP contribution in [-0.2, 0) is 31.8 Å². The maximum atomic E-state index is 13.2. The molecule has 30 heavy (non-hydrogen) atoms. The average Bonchev–Trinajstić information content (AvgIpc) is 2.57. The summed E-state index contributed by atoms with van der Waals surface area (Å²) in [5, 5.41) is 0. The van der Waals surface area contributed by atoms with E-state index in [4.69, 9.17) is 9.79 Å². The van der Waals surface area contributed by atoms with Crippen molar-refractivity contribution in [2.24, 2.45) is 0 Å². The third-order valence-corrected chi connectivity index (χ3v) is 5.21. The summed E-state index contributed by atoms with van der Waals surface area (Å²) in [7, 11) is -13.7. The van der Waals surface area contributed by atoms with Gasteiger partial charge in [0.1, 0.15) is 0 Å². The van der Waals surface area contributed by atoms with Crippen LogP contribution in [0.2, 0.25) is 0 Å². The SMILES string of the molecule is O=P([O-])(O)C(F)(F)C(F)(F)OCc1ccc(COC(F)(F)C(F)(F)P(=O)([O-])O)cc1. The number of halogens is 8. The quantitative estimate of drug-likeness (QED) is 0.372. The predicted molar refractivity (Wildman–Crippen MR) is 75.5 cm³/mol. The Morgan fingerprint density at radius 1 is 0.700 bits per heavy atom. The van der Waals surface area contributed by atoms with Gasteiger partial charge in [-0.05, 0) is 11.1 Å². The highest BCUT2D eigenvalue weighted by molar-refractivity contribution is 7.52. The molecule has 0 heterocycles. The lowest BCUT2D eigenvalue weighted by Gasteiger charge is -2.32. The Kier molecular flexibility index (Phi) is 7.56. The number of ether oxygens (including phenoxy) is 2. The van der Waals surface area contributed by atoms with E-state index in [0.717, 1.165) is 24.3 Å². The summed E-state index contributed by atoms with van der Waals surface area (Å²) in [5.74, 6) is 0. The average molecular weight is 496 g/mol. The van der Waals surface area contributed by atoms with Crippen LogP contribution in [0.3, 0.4) is 0 Å². The van der Waals surface area contributed by atoms with Crippen LogP contribution in [0.1, 0.15) is 11.1 Å². The summed E-state index contributed by atoms with van der Waals surface area (Å²) >= 11 is 0. The minimum atomic E-state index is -6.84. The number of benzene rings is 1. The van der Waals surface area contributed by atoms with Gasteiger partial charge in [0.05, 0.1) is 13.2 Å². The molecular formula is C12H10F8O8P2-2. The largest absolute Gasteiger partial charge is 0.774 e. The van der Waals surface area contributed by atoms with E-state index in [1.165, 1.54) is 0 Å². The zero-order chi connectivity index (χ0) is 23.8. The van der Waals surface area contributed by atoms with Crippen LogP contribution in [0, 0.1) is 0 Å². The van der Waals surface area contributed by atoms with Crippen molar-refractivity contribution in [3.05, 3.63) is 35.4 Å². The molecule has 0 spiro atoms. The van der Waals surface area contributed by atoms with Gasteiger partial charge in [-0.1, -0.05) is 24.3 Å². The van der Waals surface area contributed by atoms with Crippen LogP contribution < -0.4 is 9.79 Å². The van der Waals surface area contributed by atoms with Gasteiger partial charge in [0.25, 0.3) is 0 Å². The van der Waals surface area contributed by atoms with Crippen molar-refractivity contribution >= 4 is 15.2 Å². The van der Waals surface area contributed by atoms with Crippen molar-refractivity contribution in [1.82, 2.24) is 0 Å². The molecule has 2 N–H and O–H groups in total. The Balaban J connectivity index is 2.80. The molecule has 0 bridgehead atoms. The summed E-state index contributed by atoms with van der Waals surface area (Å²) in [4.78, 5) is 37.0. The van der Waals surface area contributed by atoms with E-state index in [0.29, 0.717) is 0 Å². The maximum absolute atomic E-state index is 13.2. The Hall–Kier alpha value is -1.12. The van der Waals surface area contributed by atoms with E-state index < -0.39 is 51.9 Å². The summed E-state index contributed by atoms with van der Waals surface area (Å²) in [5.41, 5.74) is -12.6. The molecule has 0 aromatic heterocycles. The van der Waals surface area contributed by atoms with Crippen molar-refractivity contribution in [3.63, 3.8) is 0 Å². The van der Waals surface area contributed by atoms with Gasteiger partial charge in [-0.25, -0.2) is 0 Å². The van der Waals surface area contributed by atoms with E-state index in [9.17, 15) is 54.0 Å². The lowest BCUT2D eigenvalue weighted by molar-refractivity contribution is -0.343. The fourth-order valence-corrected chi connectivity index (χ4v) is 2.37. The molecule has 0 saturated carbocycles. The van der Waals surface area contributed by atoms with Crippen LogP contribution in [0.15, 0.2) is 24.3 Å².